The molecule has 78 valence electrons. The molecule has 2 nitrogen and oxygen atoms in total. The van der Waals surface area contributed by atoms with Gasteiger partial charge >= 0.3 is 0 Å². The number of allylic oxidation sites excluding steroid dienone is 1. The number of aryl methyl sites for hydroxylation is 1. The summed E-state index contributed by atoms with van der Waals surface area (Å²) in [6.07, 6.45) is 5.44. The molecule has 0 atom stereocenters. The van der Waals surface area contributed by atoms with Crippen molar-refractivity contribution >= 4 is 11.9 Å². The third-order valence-electron chi connectivity index (χ3n) is 2.80. The quantitative estimate of drug-likeness (QED) is 0.724. The Morgan fingerprint density at radius 3 is 2.80 bits per heavy atom. The van der Waals surface area contributed by atoms with E-state index in [1.165, 1.54) is 30.2 Å². The second-order valence-electron chi connectivity index (χ2n) is 4.15. The minimum Gasteiger partial charge on any atom is -0.398 e. The van der Waals surface area contributed by atoms with Gasteiger partial charge in [0.05, 0.1) is 0 Å². The van der Waals surface area contributed by atoms with E-state index in [4.69, 9.17) is 11.1 Å². The first-order valence-electron chi connectivity index (χ1n) is 5.29. The maximum Gasteiger partial charge on any atom is 0.0405 e. The van der Waals surface area contributed by atoms with Gasteiger partial charge in [-0.15, -0.1) is 0 Å². The number of nitrogens with two attached hydrogens (primary N) is 1. The number of rotatable bonds is 3. The van der Waals surface area contributed by atoms with Crippen molar-refractivity contribution in [3.8, 4) is 0 Å². The van der Waals surface area contributed by atoms with Crippen LogP contribution in [-0.2, 0) is 0 Å². The molecule has 1 aliphatic rings. The highest BCUT2D eigenvalue weighted by Crippen LogP contribution is 2.42. The zero-order valence-electron chi connectivity index (χ0n) is 8.96. The Labute approximate surface area is 90.3 Å². The fourth-order valence-corrected chi connectivity index (χ4v) is 1.85. The molecule has 2 rings (SSSR count). The molecule has 0 aliphatic heterocycles. The van der Waals surface area contributed by atoms with E-state index in [-0.39, 0.29) is 0 Å². The molecule has 1 aromatic rings. The average molecular weight is 200 g/mol. The molecule has 0 saturated heterocycles. The van der Waals surface area contributed by atoms with Crippen LogP contribution in [0.15, 0.2) is 24.3 Å². The first-order valence-corrected chi connectivity index (χ1v) is 5.29. The lowest BCUT2D eigenvalue weighted by molar-refractivity contribution is 1.11. The zero-order valence-corrected chi connectivity index (χ0v) is 8.96. The summed E-state index contributed by atoms with van der Waals surface area (Å²) in [6.45, 7) is 2.07. The van der Waals surface area contributed by atoms with Crippen LogP contribution in [0.25, 0.3) is 5.70 Å². The molecule has 0 radical (unpaired) electrons. The normalized spacial score (nSPS) is 16.5. The highest BCUT2D eigenvalue weighted by Gasteiger charge is 2.26. The lowest BCUT2D eigenvalue weighted by Crippen LogP contribution is -2.01. The van der Waals surface area contributed by atoms with Crippen molar-refractivity contribution in [2.75, 3.05) is 0 Å². The van der Waals surface area contributed by atoms with Crippen LogP contribution in [0, 0.1) is 12.3 Å². The number of nitrogens with one attached hydrogen (secondary N) is 1. The van der Waals surface area contributed by atoms with Gasteiger partial charge in [0, 0.05) is 17.5 Å². The first-order chi connectivity index (χ1) is 7.22. The van der Waals surface area contributed by atoms with Gasteiger partial charge in [-0.1, -0.05) is 17.7 Å². The van der Waals surface area contributed by atoms with Crippen molar-refractivity contribution in [1.82, 2.24) is 0 Å². The van der Waals surface area contributed by atoms with Crippen LogP contribution in [0.3, 0.4) is 0 Å². The van der Waals surface area contributed by atoms with E-state index in [0.717, 1.165) is 5.56 Å². The molecule has 1 fully saturated rings. The lowest BCUT2D eigenvalue weighted by atomic mass is 9.98. The maximum absolute atomic E-state index is 7.05. The Kier molecular flexibility index (Phi) is 2.58. The van der Waals surface area contributed by atoms with Gasteiger partial charge in [0.25, 0.3) is 0 Å². The van der Waals surface area contributed by atoms with Crippen molar-refractivity contribution in [2.24, 2.45) is 5.73 Å². The van der Waals surface area contributed by atoms with Gasteiger partial charge < -0.3 is 11.1 Å². The molecule has 0 heterocycles. The Hall–Kier alpha value is -1.57. The van der Waals surface area contributed by atoms with Gasteiger partial charge in [-0.05, 0) is 43.4 Å². The van der Waals surface area contributed by atoms with Crippen molar-refractivity contribution in [2.45, 2.75) is 25.7 Å². The van der Waals surface area contributed by atoms with Crippen LogP contribution in [-0.4, -0.2) is 6.21 Å². The van der Waals surface area contributed by atoms with E-state index in [1.807, 2.05) is 0 Å². The van der Waals surface area contributed by atoms with Gasteiger partial charge in [-0.2, -0.15) is 0 Å². The molecule has 0 bridgehead atoms. The van der Waals surface area contributed by atoms with Gasteiger partial charge in [0.2, 0.25) is 0 Å². The second kappa shape index (κ2) is 3.89. The smallest absolute Gasteiger partial charge is 0.0405 e. The maximum atomic E-state index is 7.05. The van der Waals surface area contributed by atoms with Crippen LogP contribution in [0.2, 0.25) is 0 Å². The van der Waals surface area contributed by atoms with Crippen LogP contribution in [0.1, 0.15) is 35.4 Å². The van der Waals surface area contributed by atoms with Crippen LogP contribution in [0.5, 0.6) is 0 Å². The Morgan fingerprint density at radius 2 is 2.20 bits per heavy atom. The largest absolute Gasteiger partial charge is 0.398 e. The van der Waals surface area contributed by atoms with Crippen LogP contribution in [0.4, 0.5) is 0 Å². The monoisotopic (exact) mass is 200 g/mol. The molecule has 2 heteroatoms. The summed E-state index contributed by atoms with van der Waals surface area (Å²) in [5.74, 6) is 0.693. The summed E-state index contributed by atoms with van der Waals surface area (Å²) in [5.41, 5.74) is 10.3. The van der Waals surface area contributed by atoms with E-state index < -0.39 is 0 Å². The molecule has 3 N–H and O–H groups in total. The summed E-state index contributed by atoms with van der Waals surface area (Å²) in [6, 6.07) is 6.42. The minimum absolute atomic E-state index is 0.693. The average Bonchev–Trinajstić information content (AvgIpc) is 3.01. The predicted molar refractivity (Wildman–Crippen MR) is 64.1 cm³/mol. The Bertz CT molecular complexity index is 415. The van der Waals surface area contributed by atoms with E-state index >= 15 is 0 Å². The van der Waals surface area contributed by atoms with Crippen LogP contribution >= 0.6 is 0 Å². The van der Waals surface area contributed by atoms with Crippen molar-refractivity contribution in [1.29, 1.82) is 5.41 Å². The van der Waals surface area contributed by atoms with Gasteiger partial charge in [0.15, 0.2) is 0 Å². The third kappa shape index (κ3) is 2.09. The van der Waals surface area contributed by atoms with Crippen molar-refractivity contribution in [3.63, 3.8) is 0 Å². The van der Waals surface area contributed by atoms with Crippen LogP contribution < -0.4 is 5.73 Å². The fraction of sp³-hybridized carbons (Fsp3) is 0.308. The van der Waals surface area contributed by atoms with E-state index in [0.29, 0.717) is 11.6 Å². The molecule has 1 aromatic carbocycles. The SMILES string of the molecule is Cc1ccc(C2CC2)c(/C(N)=C/C=N)c1. The summed E-state index contributed by atoms with van der Waals surface area (Å²) < 4.78 is 0. The molecular formula is C13H16N2. The lowest BCUT2D eigenvalue weighted by Gasteiger charge is -2.09. The van der Waals surface area contributed by atoms with E-state index in [2.05, 4.69) is 25.1 Å². The molecule has 1 saturated carbocycles. The molecule has 0 unspecified atom stereocenters. The Morgan fingerprint density at radius 1 is 1.47 bits per heavy atom. The highest BCUT2D eigenvalue weighted by molar-refractivity contribution is 5.82. The van der Waals surface area contributed by atoms with Crippen molar-refractivity contribution < 1.29 is 0 Å². The second-order valence-corrected chi connectivity index (χ2v) is 4.15. The summed E-state index contributed by atoms with van der Waals surface area (Å²) in [4.78, 5) is 0. The molecule has 15 heavy (non-hydrogen) atoms. The van der Waals surface area contributed by atoms with Gasteiger partial charge in [-0.3, -0.25) is 0 Å². The van der Waals surface area contributed by atoms with Gasteiger partial charge in [-0.25, -0.2) is 0 Å². The summed E-state index contributed by atoms with van der Waals surface area (Å²) in [7, 11) is 0. The number of hydrogen-bond donors (Lipinski definition) is 2. The zero-order chi connectivity index (χ0) is 10.8. The van der Waals surface area contributed by atoms with E-state index in [1.54, 1.807) is 6.08 Å². The number of hydrogen-bond acceptors (Lipinski definition) is 2. The first kappa shape index (κ1) is 9.97. The molecule has 0 spiro atoms. The fourth-order valence-electron chi connectivity index (χ4n) is 1.85. The molecule has 0 aromatic heterocycles. The summed E-state index contributed by atoms with van der Waals surface area (Å²) >= 11 is 0. The van der Waals surface area contributed by atoms with Crippen molar-refractivity contribution in [3.05, 3.63) is 41.0 Å². The molecular weight excluding hydrogens is 184 g/mol. The molecule has 1 aliphatic carbocycles. The standard InChI is InChI=1S/C13H16N2/c1-9-2-5-11(10-3-4-10)12(8-9)13(15)6-7-14/h2,5-8,10,14H,3-4,15H2,1H3/b13-6-,14-7?. The van der Waals surface area contributed by atoms with E-state index in [9.17, 15) is 0 Å². The number of benzene rings is 1. The van der Waals surface area contributed by atoms with Gasteiger partial charge in [0.1, 0.15) is 0 Å². The summed E-state index contributed by atoms with van der Waals surface area (Å²) in [5, 5.41) is 7.05. The minimum atomic E-state index is 0.693. The molecule has 0 amide bonds. The predicted octanol–water partition coefficient (Wildman–Crippen LogP) is 2.82. The Balaban J connectivity index is 2.46. The topological polar surface area (TPSA) is 49.9 Å². The third-order valence-corrected chi connectivity index (χ3v) is 2.80. The highest BCUT2D eigenvalue weighted by atomic mass is 14.6.